The van der Waals surface area contributed by atoms with Crippen LogP contribution in [0, 0.1) is 5.82 Å². The van der Waals surface area contributed by atoms with Gasteiger partial charge in [-0.05, 0) is 24.3 Å². The van der Waals surface area contributed by atoms with Crippen LogP contribution in [0.5, 0.6) is 0 Å². The molecule has 0 amide bonds. The normalized spacial score (nSPS) is 8.22. The second kappa shape index (κ2) is 3.97. The van der Waals surface area contributed by atoms with Gasteiger partial charge in [0.2, 0.25) is 0 Å². The summed E-state index contributed by atoms with van der Waals surface area (Å²) < 4.78 is 12.0. The Kier molecular flexibility index (Phi) is 4.00. The van der Waals surface area contributed by atoms with E-state index in [9.17, 15) is 4.39 Å². The maximum atomic E-state index is 12.0. The fraction of sp³-hybridized carbons (Fsp3) is 0. The second-order valence-electron chi connectivity index (χ2n) is 1.44. The molecular formula is C6H4ClFZn. The van der Waals surface area contributed by atoms with E-state index in [1.54, 1.807) is 0 Å². The van der Waals surface area contributed by atoms with Gasteiger partial charge in [0.25, 0.3) is 0 Å². The van der Waals surface area contributed by atoms with Crippen molar-refractivity contribution in [2.24, 2.45) is 0 Å². The fourth-order valence-electron chi connectivity index (χ4n) is 0.430. The Hall–Kier alpha value is 0.0634. The van der Waals surface area contributed by atoms with Crippen molar-refractivity contribution in [3.63, 3.8) is 0 Å². The molecule has 9 heavy (non-hydrogen) atoms. The van der Waals surface area contributed by atoms with Gasteiger partial charge in [-0.1, -0.05) is 11.6 Å². The van der Waals surface area contributed by atoms with Crippen LogP contribution in [0.15, 0.2) is 24.3 Å². The summed E-state index contributed by atoms with van der Waals surface area (Å²) >= 11 is 5.44. The summed E-state index contributed by atoms with van der Waals surface area (Å²) in [5.41, 5.74) is 0. The third-order valence-electron chi connectivity index (χ3n) is 0.804. The number of rotatable bonds is 0. The van der Waals surface area contributed by atoms with Crippen molar-refractivity contribution < 1.29 is 23.9 Å². The number of halogens is 2. The van der Waals surface area contributed by atoms with E-state index in [0.717, 1.165) is 0 Å². The largest absolute Gasteiger partial charge is 0.207 e. The summed E-state index contributed by atoms with van der Waals surface area (Å²) in [5.74, 6) is -0.255. The molecule has 0 bridgehead atoms. The molecule has 0 saturated carbocycles. The van der Waals surface area contributed by atoms with Gasteiger partial charge in [-0.15, -0.1) is 0 Å². The molecule has 1 aromatic carbocycles. The first-order chi connectivity index (χ1) is 3.79. The van der Waals surface area contributed by atoms with Gasteiger partial charge in [-0.25, -0.2) is 4.39 Å². The molecule has 0 unspecified atom stereocenters. The minimum absolute atomic E-state index is 0. The van der Waals surface area contributed by atoms with Gasteiger partial charge in [0.15, 0.2) is 0 Å². The molecule has 0 atom stereocenters. The zero-order valence-corrected chi connectivity index (χ0v) is 8.50. The van der Waals surface area contributed by atoms with Crippen LogP contribution < -0.4 is 0 Å². The minimum atomic E-state index is -0.255. The standard InChI is InChI=1S/C6H4ClF.Zn/c7-5-1-3-6(8)4-2-5;/h1-4H;. The molecule has 0 aliphatic rings. The van der Waals surface area contributed by atoms with Crippen molar-refractivity contribution in [1.29, 1.82) is 0 Å². The van der Waals surface area contributed by atoms with Crippen molar-refractivity contribution in [3.8, 4) is 0 Å². The minimum Gasteiger partial charge on any atom is -0.207 e. The van der Waals surface area contributed by atoms with Crippen molar-refractivity contribution in [3.05, 3.63) is 35.1 Å². The SMILES string of the molecule is Fc1ccc(Cl)cc1.[Zn]. The number of hydrogen-bond acceptors (Lipinski definition) is 0. The predicted molar refractivity (Wildman–Crippen MR) is 31.4 cm³/mol. The molecule has 0 fully saturated rings. The van der Waals surface area contributed by atoms with Crippen LogP contribution in [-0.2, 0) is 19.5 Å². The van der Waals surface area contributed by atoms with Gasteiger partial charge in [-0.2, -0.15) is 0 Å². The zero-order chi connectivity index (χ0) is 5.98. The zero-order valence-electron chi connectivity index (χ0n) is 4.77. The maximum absolute atomic E-state index is 12.0. The van der Waals surface area contributed by atoms with Crippen molar-refractivity contribution in [2.45, 2.75) is 0 Å². The van der Waals surface area contributed by atoms with Gasteiger partial charge in [0, 0.05) is 24.5 Å². The summed E-state index contributed by atoms with van der Waals surface area (Å²) in [7, 11) is 0. The van der Waals surface area contributed by atoms with Crippen LogP contribution >= 0.6 is 11.6 Å². The smallest absolute Gasteiger partial charge is 0.123 e. The van der Waals surface area contributed by atoms with E-state index in [-0.39, 0.29) is 25.3 Å². The van der Waals surface area contributed by atoms with Crippen LogP contribution in [0.3, 0.4) is 0 Å². The summed E-state index contributed by atoms with van der Waals surface area (Å²) in [6.07, 6.45) is 0. The monoisotopic (exact) mass is 194 g/mol. The Bertz CT molecular complexity index is 152. The van der Waals surface area contributed by atoms with E-state index in [1.807, 2.05) is 0 Å². The van der Waals surface area contributed by atoms with Gasteiger partial charge < -0.3 is 0 Å². The van der Waals surface area contributed by atoms with Gasteiger partial charge in [0.05, 0.1) is 0 Å². The van der Waals surface area contributed by atoms with Crippen molar-refractivity contribution in [2.75, 3.05) is 0 Å². The summed E-state index contributed by atoms with van der Waals surface area (Å²) in [6, 6.07) is 5.67. The summed E-state index contributed by atoms with van der Waals surface area (Å²) in [5, 5.41) is 0.561. The number of benzene rings is 1. The van der Waals surface area contributed by atoms with E-state index in [2.05, 4.69) is 0 Å². The second-order valence-corrected chi connectivity index (χ2v) is 1.87. The van der Waals surface area contributed by atoms with Crippen LogP contribution in [0.2, 0.25) is 5.02 Å². The number of hydrogen-bond donors (Lipinski definition) is 0. The van der Waals surface area contributed by atoms with Gasteiger partial charge in [0.1, 0.15) is 5.82 Å². The Labute approximate surface area is 70.8 Å². The van der Waals surface area contributed by atoms with E-state index >= 15 is 0 Å². The topological polar surface area (TPSA) is 0 Å². The molecule has 1 aromatic rings. The molecule has 0 aliphatic carbocycles. The molecule has 0 saturated heterocycles. The Morgan fingerprint density at radius 2 is 1.56 bits per heavy atom. The Morgan fingerprint density at radius 1 is 1.11 bits per heavy atom. The molecule has 0 heterocycles. The van der Waals surface area contributed by atoms with Crippen molar-refractivity contribution >= 4 is 11.6 Å². The fourth-order valence-corrected chi connectivity index (χ4v) is 0.556. The first kappa shape index (κ1) is 9.06. The molecule has 0 aromatic heterocycles. The van der Waals surface area contributed by atoms with E-state index in [0.29, 0.717) is 5.02 Å². The van der Waals surface area contributed by atoms with E-state index in [4.69, 9.17) is 11.6 Å². The first-order valence-corrected chi connectivity index (χ1v) is 2.58. The summed E-state index contributed by atoms with van der Waals surface area (Å²) in [4.78, 5) is 0. The average Bonchev–Trinajstić information content (AvgIpc) is 1.77. The molecule has 1 rings (SSSR count). The van der Waals surface area contributed by atoms with Crippen LogP contribution in [0.25, 0.3) is 0 Å². The quantitative estimate of drug-likeness (QED) is 0.559. The first-order valence-electron chi connectivity index (χ1n) is 2.20. The van der Waals surface area contributed by atoms with Crippen LogP contribution in [0.4, 0.5) is 4.39 Å². The van der Waals surface area contributed by atoms with Gasteiger partial charge in [-0.3, -0.25) is 0 Å². The van der Waals surface area contributed by atoms with Crippen LogP contribution in [0.1, 0.15) is 0 Å². The third-order valence-corrected chi connectivity index (χ3v) is 1.06. The van der Waals surface area contributed by atoms with Crippen LogP contribution in [-0.4, -0.2) is 0 Å². The van der Waals surface area contributed by atoms with E-state index < -0.39 is 0 Å². The third kappa shape index (κ3) is 2.93. The molecule has 0 radical (unpaired) electrons. The summed E-state index contributed by atoms with van der Waals surface area (Å²) in [6.45, 7) is 0. The molecular weight excluding hydrogens is 192 g/mol. The van der Waals surface area contributed by atoms with Gasteiger partial charge >= 0.3 is 0 Å². The average molecular weight is 196 g/mol. The molecule has 0 nitrogen and oxygen atoms in total. The maximum Gasteiger partial charge on any atom is 0.123 e. The molecule has 0 N–H and O–H groups in total. The molecule has 0 aliphatic heterocycles. The van der Waals surface area contributed by atoms with E-state index in [1.165, 1.54) is 24.3 Å². The molecule has 3 heteroatoms. The predicted octanol–water partition coefficient (Wildman–Crippen LogP) is 2.48. The van der Waals surface area contributed by atoms with Crippen molar-refractivity contribution in [1.82, 2.24) is 0 Å². The Balaban J connectivity index is 0.000000640. The Morgan fingerprint density at radius 3 is 1.89 bits per heavy atom. The molecule has 0 spiro atoms. The molecule has 44 valence electrons.